The van der Waals surface area contributed by atoms with Gasteiger partial charge in [-0.2, -0.15) is 0 Å². The van der Waals surface area contributed by atoms with Crippen LogP contribution in [-0.4, -0.2) is 7.11 Å². The van der Waals surface area contributed by atoms with E-state index in [1.165, 1.54) is 5.56 Å². The maximum atomic E-state index is 6.52. The van der Waals surface area contributed by atoms with Crippen LogP contribution in [0.25, 0.3) is 0 Å². The second-order valence-corrected chi connectivity index (χ2v) is 7.30. The minimum absolute atomic E-state index is 0.227. The number of fused-ring (bicyclic) bond motifs is 3. The molecular formula is C19H17BrClNO. The first kappa shape index (κ1) is 15.1. The highest BCUT2D eigenvalue weighted by atomic mass is 79.9. The molecule has 0 radical (unpaired) electrons. The Morgan fingerprint density at radius 2 is 2.04 bits per heavy atom. The largest absolute Gasteiger partial charge is 0.495 e. The van der Waals surface area contributed by atoms with E-state index in [0.717, 1.165) is 32.9 Å². The lowest BCUT2D eigenvalue weighted by Gasteiger charge is -2.39. The van der Waals surface area contributed by atoms with Crippen molar-refractivity contribution >= 4 is 33.2 Å². The summed E-state index contributed by atoms with van der Waals surface area (Å²) in [6.07, 6.45) is 5.61. The molecule has 3 atom stereocenters. The quantitative estimate of drug-likeness (QED) is 0.641. The number of hydrogen-bond donors (Lipinski definition) is 1. The molecule has 0 saturated carbocycles. The summed E-state index contributed by atoms with van der Waals surface area (Å²) < 4.78 is 6.71. The Hall–Kier alpha value is -1.45. The van der Waals surface area contributed by atoms with Crippen LogP contribution in [0.4, 0.5) is 5.69 Å². The molecule has 1 heterocycles. The summed E-state index contributed by atoms with van der Waals surface area (Å²) in [6, 6.07) is 12.5. The minimum atomic E-state index is 0.227. The Bertz CT molecular complexity index is 789. The molecule has 0 fully saturated rings. The van der Waals surface area contributed by atoms with Crippen molar-refractivity contribution < 1.29 is 4.74 Å². The van der Waals surface area contributed by atoms with Crippen LogP contribution in [0.5, 0.6) is 5.75 Å². The fraction of sp³-hybridized carbons (Fsp3) is 0.263. The van der Waals surface area contributed by atoms with Crippen LogP contribution in [-0.2, 0) is 0 Å². The summed E-state index contributed by atoms with van der Waals surface area (Å²) in [5, 5.41) is 4.51. The number of rotatable bonds is 2. The highest BCUT2D eigenvalue weighted by Crippen LogP contribution is 2.54. The molecule has 4 heteroatoms. The molecule has 0 unspecified atom stereocenters. The van der Waals surface area contributed by atoms with Gasteiger partial charge in [0.05, 0.1) is 18.8 Å². The zero-order chi connectivity index (χ0) is 16.0. The molecular weight excluding hydrogens is 374 g/mol. The van der Waals surface area contributed by atoms with Crippen LogP contribution in [0, 0.1) is 5.92 Å². The first-order valence-corrected chi connectivity index (χ1v) is 8.92. The van der Waals surface area contributed by atoms with Crippen molar-refractivity contribution in [1.29, 1.82) is 0 Å². The molecule has 1 aliphatic heterocycles. The number of ether oxygens (including phenoxy) is 1. The third kappa shape index (κ3) is 2.38. The summed E-state index contributed by atoms with van der Waals surface area (Å²) in [5.41, 5.74) is 3.46. The molecule has 0 aromatic heterocycles. The van der Waals surface area contributed by atoms with Gasteiger partial charge >= 0.3 is 0 Å². The second-order valence-electron chi connectivity index (χ2n) is 6.04. The van der Waals surface area contributed by atoms with Gasteiger partial charge in [-0.1, -0.05) is 57.9 Å². The molecule has 2 aromatic rings. The van der Waals surface area contributed by atoms with E-state index in [1.807, 2.05) is 18.2 Å². The minimum Gasteiger partial charge on any atom is -0.495 e. The first-order chi connectivity index (χ1) is 11.2. The normalized spacial score (nSPS) is 24.7. The van der Waals surface area contributed by atoms with E-state index in [9.17, 15) is 0 Å². The first-order valence-electron chi connectivity index (χ1n) is 7.74. The van der Waals surface area contributed by atoms with Gasteiger partial charge in [0.25, 0.3) is 0 Å². The van der Waals surface area contributed by atoms with E-state index in [2.05, 4.69) is 51.6 Å². The Kier molecular flexibility index (Phi) is 3.86. The summed E-state index contributed by atoms with van der Waals surface area (Å²) in [4.78, 5) is 0. The van der Waals surface area contributed by atoms with Crippen LogP contribution in [0.1, 0.15) is 29.5 Å². The van der Waals surface area contributed by atoms with Gasteiger partial charge in [0.2, 0.25) is 0 Å². The Labute approximate surface area is 149 Å². The van der Waals surface area contributed by atoms with Gasteiger partial charge in [0.1, 0.15) is 5.75 Å². The van der Waals surface area contributed by atoms with Gasteiger partial charge in [-0.25, -0.2) is 0 Å². The van der Waals surface area contributed by atoms with E-state index in [-0.39, 0.29) is 6.04 Å². The maximum Gasteiger partial charge on any atom is 0.142 e. The smallest absolute Gasteiger partial charge is 0.142 e. The molecule has 0 spiro atoms. The lowest BCUT2D eigenvalue weighted by molar-refractivity contribution is 0.397. The lowest BCUT2D eigenvalue weighted by Crippen LogP contribution is -2.29. The average molecular weight is 391 g/mol. The van der Waals surface area contributed by atoms with E-state index >= 15 is 0 Å². The van der Waals surface area contributed by atoms with Crippen molar-refractivity contribution in [3.63, 3.8) is 0 Å². The molecule has 1 N–H and O–H groups in total. The van der Waals surface area contributed by atoms with Crippen LogP contribution in [0.15, 0.2) is 53.0 Å². The molecule has 2 nitrogen and oxygen atoms in total. The summed E-state index contributed by atoms with van der Waals surface area (Å²) in [7, 11) is 1.70. The second kappa shape index (κ2) is 5.88. The van der Waals surface area contributed by atoms with E-state index < -0.39 is 0 Å². The maximum absolute atomic E-state index is 6.52. The number of methoxy groups -OCH3 is 1. The Morgan fingerprint density at radius 3 is 2.83 bits per heavy atom. The number of anilines is 1. The number of nitrogens with one attached hydrogen (secondary N) is 1. The van der Waals surface area contributed by atoms with Crippen LogP contribution < -0.4 is 10.1 Å². The van der Waals surface area contributed by atoms with Crippen LogP contribution in [0.3, 0.4) is 0 Å². The summed E-state index contributed by atoms with van der Waals surface area (Å²) in [6.45, 7) is 0. The van der Waals surface area contributed by atoms with E-state index in [0.29, 0.717) is 11.8 Å². The number of allylic oxidation sites excluding steroid dienone is 2. The predicted octanol–water partition coefficient (Wildman–Crippen LogP) is 5.94. The fourth-order valence-corrected chi connectivity index (χ4v) is 4.66. The van der Waals surface area contributed by atoms with E-state index in [1.54, 1.807) is 7.11 Å². The highest BCUT2D eigenvalue weighted by molar-refractivity contribution is 9.10. The van der Waals surface area contributed by atoms with Crippen molar-refractivity contribution in [2.75, 3.05) is 12.4 Å². The predicted molar refractivity (Wildman–Crippen MR) is 98.5 cm³/mol. The summed E-state index contributed by atoms with van der Waals surface area (Å²) in [5.74, 6) is 1.64. The molecule has 2 aromatic carbocycles. The summed E-state index contributed by atoms with van der Waals surface area (Å²) >= 11 is 10.2. The van der Waals surface area contributed by atoms with Crippen LogP contribution >= 0.6 is 27.5 Å². The van der Waals surface area contributed by atoms with Crippen molar-refractivity contribution in [3.8, 4) is 5.75 Å². The van der Waals surface area contributed by atoms with E-state index in [4.69, 9.17) is 16.3 Å². The molecule has 0 saturated heterocycles. The van der Waals surface area contributed by atoms with Gasteiger partial charge in [-0.15, -0.1) is 0 Å². The van der Waals surface area contributed by atoms with Gasteiger partial charge in [-0.05, 0) is 36.1 Å². The Balaban J connectivity index is 1.88. The zero-order valence-corrected chi connectivity index (χ0v) is 15.1. The molecule has 23 heavy (non-hydrogen) atoms. The average Bonchev–Trinajstić information content (AvgIpc) is 3.04. The fourth-order valence-electron chi connectivity index (χ4n) is 3.84. The van der Waals surface area contributed by atoms with Gasteiger partial charge in [0.15, 0.2) is 0 Å². The van der Waals surface area contributed by atoms with Crippen LogP contribution in [0.2, 0.25) is 5.02 Å². The van der Waals surface area contributed by atoms with Crippen molar-refractivity contribution in [3.05, 3.63) is 69.2 Å². The number of hydrogen-bond acceptors (Lipinski definition) is 2. The highest BCUT2D eigenvalue weighted by Gasteiger charge is 2.40. The molecule has 1 aliphatic carbocycles. The number of benzene rings is 2. The van der Waals surface area contributed by atoms with Gasteiger partial charge in [-0.3, -0.25) is 0 Å². The molecule has 0 amide bonds. The lowest BCUT2D eigenvalue weighted by atomic mass is 9.77. The standard InChI is InChI=1S/C19H17BrClNO/c1-23-16-10-9-15(21)17-11-6-4-7-12(11)18(22-19(16)17)13-5-2-3-8-14(13)20/h2-6,8-12,18,22H,7H2,1H3/t11-,12-,18-/m0/s1. The third-order valence-corrected chi connectivity index (χ3v) is 5.94. The molecule has 4 rings (SSSR count). The SMILES string of the molecule is COc1ccc(Cl)c2c1N[C@H](c1ccccc1Br)[C@H]1CC=C[C@H]21. The third-order valence-electron chi connectivity index (χ3n) is 4.89. The van der Waals surface area contributed by atoms with Crippen molar-refractivity contribution in [2.45, 2.75) is 18.4 Å². The van der Waals surface area contributed by atoms with Gasteiger partial charge in [0, 0.05) is 21.0 Å². The molecule has 0 bridgehead atoms. The van der Waals surface area contributed by atoms with Gasteiger partial charge < -0.3 is 10.1 Å². The zero-order valence-electron chi connectivity index (χ0n) is 12.7. The topological polar surface area (TPSA) is 21.3 Å². The molecule has 118 valence electrons. The molecule has 2 aliphatic rings. The number of halogens is 2. The van der Waals surface area contributed by atoms with Crippen molar-refractivity contribution in [1.82, 2.24) is 0 Å². The van der Waals surface area contributed by atoms with Crippen molar-refractivity contribution in [2.24, 2.45) is 5.92 Å². The Morgan fingerprint density at radius 1 is 1.22 bits per heavy atom. The monoisotopic (exact) mass is 389 g/mol.